The molecule has 378 valence electrons. The van der Waals surface area contributed by atoms with Gasteiger partial charge >= 0.3 is 11.9 Å². The molecule has 0 aliphatic carbocycles. The second-order valence-electron chi connectivity index (χ2n) is 17.8. The SMILES string of the molecule is CCCCC/C=C\C/C=C\CCCCCCCCCCCC(=O)OC(COC(=O)CCCCCCCCC/C=C\C/C=C\CCCCCC)COC1OC(CS(=O)(=O)O)C(O)C(O)C1O. The molecule has 0 aromatic rings. The van der Waals surface area contributed by atoms with Crippen molar-refractivity contribution in [3.8, 4) is 0 Å². The lowest BCUT2D eigenvalue weighted by Gasteiger charge is -2.40. The van der Waals surface area contributed by atoms with E-state index in [1.54, 1.807) is 0 Å². The van der Waals surface area contributed by atoms with Crippen LogP contribution in [0.2, 0.25) is 0 Å². The van der Waals surface area contributed by atoms with Crippen LogP contribution in [0.5, 0.6) is 0 Å². The third-order valence-electron chi connectivity index (χ3n) is 11.6. The van der Waals surface area contributed by atoms with E-state index in [0.717, 1.165) is 77.0 Å². The molecule has 0 radical (unpaired) electrons. The molecular formula is C52H92O12S. The van der Waals surface area contributed by atoms with Crippen LogP contribution in [0.3, 0.4) is 0 Å². The van der Waals surface area contributed by atoms with Crippen LogP contribution in [0.1, 0.15) is 213 Å². The Balaban J connectivity index is 2.39. The van der Waals surface area contributed by atoms with Crippen molar-refractivity contribution < 1.29 is 56.8 Å². The molecule has 1 aliphatic heterocycles. The third-order valence-corrected chi connectivity index (χ3v) is 12.4. The van der Waals surface area contributed by atoms with Crippen molar-refractivity contribution in [2.45, 2.75) is 250 Å². The second-order valence-corrected chi connectivity index (χ2v) is 19.3. The molecule has 0 saturated carbocycles. The summed E-state index contributed by atoms with van der Waals surface area (Å²) in [6.07, 6.45) is 41.4. The summed E-state index contributed by atoms with van der Waals surface area (Å²) < 4.78 is 54.2. The minimum absolute atomic E-state index is 0.157. The summed E-state index contributed by atoms with van der Waals surface area (Å²) in [6.45, 7) is 3.73. The van der Waals surface area contributed by atoms with Crippen molar-refractivity contribution in [2.75, 3.05) is 19.0 Å². The minimum Gasteiger partial charge on any atom is -0.462 e. The van der Waals surface area contributed by atoms with Crippen LogP contribution >= 0.6 is 0 Å². The number of unbranched alkanes of at least 4 members (excludes halogenated alkanes) is 23. The van der Waals surface area contributed by atoms with Crippen molar-refractivity contribution in [3.05, 3.63) is 48.6 Å². The Kier molecular flexibility index (Phi) is 39.0. The summed E-state index contributed by atoms with van der Waals surface area (Å²) in [7, 11) is -4.61. The third kappa shape index (κ3) is 36.3. The van der Waals surface area contributed by atoms with Crippen molar-refractivity contribution in [3.63, 3.8) is 0 Å². The minimum atomic E-state index is -4.61. The highest BCUT2D eigenvalue weighted by molar-refractivity contribution is 7.85. The highest BCUT2D eigenvalue weighted by Crippen LogP contribution is 2.24. The van der Waals surface area contributed by atoms with Crippen LogP contribution in [0.4, 0.5) is 0 Å². The Morgan fingerprint density at radius 3 is 1.38 bits per heavy atom. The number of carbonyl (C=O) groups excluding carboxylic acids is 2. The Morgan fingerprint density at radius 2 is 0.923 bits per heavy atom. The van der Waals surface area contributed by atoms with Gasteiger partial charge in [0.25, 0.3) is 10.1 Å². The Morgan fingerprint density at radius 1 is 0.523 bits per heavy atom. The molecule has 1 fully saturated rings. The lowest BCUT2D eigenvalue weighted by molar-refractivity contribution is -0.297. The summed E-state index contributed by atoms with van der Waals surface area (Å²) in [4.78, 5) is 25.5. The van der Waals surface area contributed by atoms with Gasteiger partial charge in [0.15, 0.2) is 12.4 Å². The first kappa shape index (κ1) is 60.6. The van der Waals surface area contributed by atoms with E-state index in [-0.39, 0.29) is 19.4 Å². The van der Waals surface area contributed by atoms with E-state index in [9.17, 15) is 37.9 Å². The zero-order valence-corrected chi connectivity index (χ0v) is 41.4. The number of allylic oxidation sites excluding steroid dienone is 8. The van der Waals surface area contributed by atoms with E-state index in [1.165, 1.54) is 96.3 Å². The molecule has 1 rings (SSSR count). The van der Waals surface area contributed by atoms with Gasteiger partial charge in [-0.1, -0.05) is 172 Å². The molecule has 65 heavy (non-hydrogen) atoms. The number of ether oxygens (including phenoxy) is 4. The lowest BCUT2D eigenvalue weighted by atomic mass is 10.00. The molecule has 1 saturated heterocycles. The quantitative estimate of drug-likeness (QED) is 0.0196. The van der Waals surface area contributed by atoms with Crippen molar-refractivity contribution in [1.82, 2.24) is 0 Å². The van der Waals surface area contributed by atoms with E-state index >= 15 is 0 Å². The monoisotopic (exact) mass is 941 g/mol. The summed E-state index contributed by atoms with van der Waals surface area (Å²) in [5, 5.41) is 31.0. The van der Waals surface area contributed by atoms with Crippen molar-refractivity contribution in [2.24, 2.45) is 0 Å². The number of esters is 2. The van der Waals surface area contributed by atoms with E-state index in [2.05, 4.69) is 62.5 Å². The molecule has 1 heterocycles. The smallest absolute Gasteiger partial charge is 0.306 e. The maximum absolute atomic E-state index is 12.9. The van der Waals surface area contributed by atoms with Gasteiger partial charge in [-0.15, -0.1) is 0 Å². The topological polar surface area (TPSA) is 186 Å². The predicted octanol–water partition coefficient (Wildman–Crippen LogP) is 11.5. The van der Waals surface area contributed by atoms with Gasteiger partial charge in [0.2, 0.25) is 0 Å². The molecule has 6 atom stereocenters. The molecule has 4 N–H and O–H groups in total. The summed E-state index contributed by atoms with van der Waals surface area (Å²) in [5.74, 6) is -2.00. The van der Waals surface area contributed by atoms with E-state index < -0.39 is 71.2 Å². The van der Waals surface area contributed by atoms with Gasteiger partial charge in [0.05, 0.1) is 6.61 Å². The van der Waals surface area contributed by atoms with Gasteiger partial charge < -0.3 is 34.3 Å². The lowest BCUT2D eigenvalue weighted by Crippen LogP contribution is -2.60. The fourth-order valence-electron chi connectivity index (χ4n) is 7.62. The average molecular weight is 941 g/mol. The Hall–Kier alpha value is -2.39. The van der Waals surface area contributed by atoms with Crippen molar-refractivity contribution in [1.29, 1.82) is 0 Å². The standard InChI is InChI=1S/C52H92O12S/c1-3-5-7-9-11-13-15-17-19-21-23-25-27-29-31-33-35-37-39-41-48(54)63-45(43-62-52-51(57)50(56)49(55)46(64-52)44-65(58,59)60)42-61-47(53)40-38-36-34-32-30-28-26-24-22-20-18-16-14-12-10-8-6-4-2/h11,13-14,16-17,19-20,22,45-46,49-52,55-57H,3-10,12,15,18,21,23-44H2,1-2H3,(H,58,59,60)/b13-11-,16-14-,19-17-,22-20-. The van der Waals surface area contributed by atoms with Crippen LogP contribution in [-0.2, 0) is 38.7 Å². The first-order valence-corrected chi connectivity index (χ1v) is 27.3. The predicted molar refractivity (Wildman–Crippen MR) is 261 cm³/mol. The number of hydrogen-bond donors (Lipinski definition) is 4. The van der Waals surface area contributed by atoms with Gasteiger partial charge in [-0.05, 0) is 77.0 Å². The number of rotatable bonds is 43. The Labute approximate surface area is 394 Å². The van der Waals surface area contributed by atoms with E-state index in [1.807, 2.05) is 0 Å². The molecule has 6 unspecified atom stereocenters. The molecule has 0 aromatic heterocycles. The molecule has 12 nitrogen and oxygen atoms in total. The molecule has 0 spiro atoms. The fraction of sp³-hybridized carbons (Fsp3) is 0.808. The molecule has 0 aromatic carbocycles. The van der Waals surface area contributed by atoms with Crippen LogP contribution < -0.4 is 0 Å². The molecule has 0 bridgehead atoms. The van der Waals surface area contributed by atoms with Gasteiger partial charge in [-0.25, -0.2) is 0 Å². The zero-order valence-electron chi connectivity index (χ0n) is 40.6. The maximum Gasteiger partial charge on any atom is 0.306 e. The number of aliphatic hydroxyl groups is 3. The number of carbonyl (C=O) groups is 2. The molecule has 13 heteroatoms. The van der Waals surface area contributed by atoms with Crippen LogP contribution in [0, 0.1) is 0 Å². The second kappa shape index (κ2) is 41.8. The first-order valence-electron chi connectivity index (χ1n) is 25.7. The fourth-order valence-corrected chi connectivity index (χ4v) is 8.31. The molecule has 1 aliphatic rings. The normalized spacial score (nSPS) is 19.9. The Bertz CT molecular complexity index is 1380. The highest BCUT2D eigenvalue weighted by atomic mass is 32.2. The maximum atomic E-state index is 12.9. The van der Waals surface area contributed by atoms with Gasteiger partial charge in [-0.2, -0.15) is 8.42 Å². The van der Waals surface area contributed by atoms with Gasteiger partial charge in [0.1, 0.15) is 36.8 Å². The van der Waals surface area contributed by atoms with Gasteiger partial charge in [0, 0.05) is 12.8 Å². The van der Waals surface area contributed by atoms with E-state index in [0.29, 0.717) is 12.8 Å². The first-order chi connectivity index (χ1) is 31.5. The number of aliphatic hydroxyl groups excluding tert-OH is 3. The van der Waals surface area contributed by atoms with Gasteiger partial charge in [-0.3, -0.25) is 14.1 Å². The molecule has 0 amide bonds. The summed E-state index contributed by atoms with van der Waals surface area (Å²) in [5.41, 5.74) is 0. The molecular weight excluding hydrogens is 849 g/mol. The highest BCUT2D eigenvalue weighted by Gasteiger charge is 2.46. The summed E-state index contributed by atoms with van der Waals surface area (Å²) >= 11 is 0. The largest absolute Gasteiger partial charge is 0.462 e. The van der Waals surface area contributed by atoms with Crippen LogP contribution in [0.15, 0.2) is 48.6 Å². The average Bonchev–Trinajstić information content (AvgIpc) is 3.27. The van der Waals surface area contributed by atoms with Crippen molar-refractivity contribution >= 4 is 22.1 Å². The summed E-state index contributed by atoms with van der Waals surface area (Å²) in [6, 6.07) is 0. The van der Waals surface area contributed by atoms with Crippen LogP contribution in [-0.4, -0.2) is 96.0 Å². The van der Waals surface area contributed by atoms with E-state index in [4.69, 9.17) is 18.9 Å². The number of hydrogen-bond acceptors (Lipinski definition) is 11. The zero-order chi connectivity index (χ0) is 47.6. The van der Waals surface area contributed by atoms with Crippen LogP contribution in [0.25, 0.3) is 0 Å².